The molecule has 0 bridgehead atoms. The summed E-state index contributed by atoms with van der Waals surface area (Å²) < 4.78 is 0. The van der Waals surface area contributed by atoms with Gasteiger partial charge in [-0.2, -0.15) is 0 Å². The molecule has 1 aromatic rings. The summed E-state index contributed by atoms with van der Waals surface area (Å²) in [7, 11) is 0. The Bertz CT molecular complexity index is 820. The zero-order chi connectivity index (χ0) is 20.8. The van der Waals surface area contributed by atoms with Crippen LogP contribution in [0.1, 0.15) is 56.0 Å². The molecule has 2 aliphatic heterocycles. The van der Waals surface area contributed by atoms with Crippen molar-refractivity contribution in [3.05, 3.63) is 52.6 Å². The fourth-order valence-corrected chi connectivity index (χ4v) is 3.90. The van der Waals surface area contributed by atoms with E-state index in [1.54, 1.807) is 0 Å². The fourth-order valence-electron chi connectivity index (χ4n) is 3.90. The van der Waals surface area contributed by atoms with Crippen LogP contribution in [0, 0.1) is 0 Å². The molecule has 2 amide bonds. The van der Waals surface area contributed by atoms with Crippen molar-refractivity contribution >= 4 is 29.9 Å². The number of piperazine rings is 1. The van der Waals surface area contributed by atoms with Gasteiger partial charge in [-0.25, -0.2) is 0 Å². The highest BCUT2D eigenvalue weighted by Crippen LogP contribution is 2.27. The van der Waals surface area contributed by atoms with Gasteiger partial charge in [-0.05, 0) is 57.7 Å². The lowest BCUT2D eigenvalue weighted by atomic mass is 9.96. The summed E-state index contributed by atoms with van der Waals surface area (Å²) in [6.45, 7) is 10.7. The standard InChI is InChI=1S/C24H33N3O2.ClH/c1-18(2)6-4-7-19(3)12-13-26-14-16-27(17-15-26)24(29)21-8-5-9-22-20(21)10-11-23(28)25-22;/h5-6,8-9,12H,4,7,10-11,13-17H2,1-3H3,(H,25,28);1H/b19-12+;. The van der Waals surface area contributed by atoms with Gasteiger partial charge in [0, 0.05) is 50.4 Å². The number of amides is 2. The van der Waals surface area contributed by atoms with Gasteiger partial charge in [0.1, 0.15) is 0 Å². The lowest BCUT2D eigenvalue weighted by Crippen LogP contribution is -2.48. The molecule has 2 heterocycles. The van der Waals surface area contributed by atoms with Gasteiger partial charge in [-0.1, -0.05) is 29.4 Å². The van der Waals surface area contributed by atoms with E-state index in [0.717, 1.165) is 62.4 Å². The number of hydrogen-bond acceptors (Lipinski definition) is 3. The van der Waals surface area contributed by atoms with Gasteiger partial charge in [-0.15, -0.1) is 12.4 Å². The van der Waals surface area contributed by atoms with Crippen LogP contribution in [0.3, 0.4) is 0 Å². The maximum Gasteiger partial charge on any atom is 0.254 e. The number of fused-ring (bicyclic) bond motifs is 1. The molecular formula is C24H34ClN3O2. The number of nitrogens with one attached hydrogen (secondary N) is 1. The van der Waals surface area contributed by atoms with Crippen molar-refractivity contribution in [2.75, 3.05) is 38.0 Å². The SMILES string of the molecule is CC(C)=CCC/C(C)=C/CN1CCN(C(=O)c2cccc3c2CCC(=O)N3)CC1.Cl. The van der Waals surface area contributed by atoms with Crippen molar-refractivity contribution in [3.8, 4) is 0 Å². The van der Waals surface area contributed by atoms with Crippen LogP contribution in [0.25, 0.3) is 0 Å². The Morgan fingerprint density at radius 3 is 2.50 bits per heavy atom. The van der Waals surface area contributed by atoms with E-state index in [2.05, 4.69) is 43.1 Å². The van der Waals surface area contributed by atoms with E-state index in [0.29, 0.717) is 12.8 Å². The predicted molar refractivity (Wildman–Crippen MR) is 125 cm³/mol. The Morgan fingerprint density at radius 2 is 1.80 bits per heavy atom. The van der Waals surface area contributed by atoms with E-state index in [1.165, 1.54) is 11.1 Å². The summed E-state index contributed by atoms with van der Waals surface area (Å²) in [6, 6.07) is 5.63. The van der Waals surface area contributed by atoms with Gasteiger partial charge in [0.05, 0.1) is 0 Å². The summed E-state index contributed by atoms with van der Waals surface area (Å²) >= 11 is 0. The number of hydrogen-bond donors (Lipinski definition) is 1. The third kappa shape index (κ3) is 6.44. The molecule has 0 saturated carbocycles. The summed E-state index contributed by atoms with van der Waals surface area (Å²) in [5.74, 6) is 0.117. The molecule has 0 unspecified atom stereocenters. The number of carbonyl (C=O) groups excluding carboxylic acids is 2. The van der Waals surface area contributed by atoms with Crippen molar-refractivity contribution in [2.24, 2.45) is 0 Å². The summed E-state index contributed by atoms with van der Waals surface area (Å²) in [5.41, 5.74) is 5.32. The number of nitrogens with zero attached hydrogens (tertiary/aromatic N) is 2. The monoisotopic (exact) mass is 431 g/mol. The molecule has 2 aliphatic rings. The maximum absolute atomic E-state index is 13.1. The number of anilines is 1. The van der Waals surface area contributed by atoms with Crippen LogP contribution in [0.5, 0.6) is 0 Å². The first-order valence-electron chi connectivity index (χ1n) is 10.7. The maximum atomic E-state index is 13.1. The van der Waals surface area contributed by atoms with Crippen LogP contribution < -0.4 is 5.32 Å². The molecule has 3 rings (SSSR count). The molecule has 164 valence electrons. The topological polar surface area (TPSA) is 52.7 Å². The third-order valence-electron chi connectivity index (χ3n) is 5.73. The predicted octanol–water partition coefficient (Wildman–Crippen LogP) is 4.44. The van der Waals surface area contributed by atoms with Crippen LogP contribution in [0.2, 0.25) is 0 Å². The quantitative estimate of drug-likeness (QED) is 0.677. The van der Waals surface area contributed by atoms with Gasteiger partial charge in [0.2, 0.25) is 5.91 Å². The summed E-state index contributed by atoms with van der Waals surface area (Å²) in [6.07, 6.45) is 7.92. The number of halogens is 1. The number of carbonyl (C=O) groups is 2. The van der Waals surface area contributed by atoms with E-state index >= 15 is 0 Å². The number of rotatable bonds is 6. The molecule has 1 saturated heterocycles. The zero-order valence-corrected chi connectivity index (χ0v) is 19.2. The highest BCUT2D eigenvalue weighted by atomic mass is 35.5. The Kier molecular flexibility index (Phi) is 9.12. The van der Waals surface area contributed by atoms with Crippen molar-refractivity contribution in [3.63, 3.8) is 0 Å². The lowest BCUT2D eigenvalue weighted by molar-refractivity contribution is -0.116. The molecule has 0 atom stereocenters. The summed E-state index contributed by atoms with van der Waals surface area (Å²) in [5, 5.41) is 2.89. The van der Waals surface area contributed by atoms with Gasteiger partial charge in [0.15, 0.2) is 0 Å². The van der Waals surface area contributed by atoms with Crippen molar-refractivity contribution in [2.45, 2.75) is 46.5 Å². The normalized spacial score (nSPS) is 17.0. The smallest absolute Gasteiger partial charge is 0.254 e. The zero-order valence-electron chi connectivity index (χ0n) is 18.4. The van der Waals surface area contributed by atoms with Gasteiger partial charge in [0.25, 0.3) is 5.91 Å². The average molecular weight is 432 g/mol. The second-order valence-corrected chi connectivity index (χ2v) is 8.34. The van der Waals surface area contributed by atoms with E-state index in [-0.39, 0.29) is 24.2 Å². The van der Waals surface area contributed by atoms with Crippen molar-refractivity contribution in [1.82, 2.24) is 9.80 Å². The molecule has 1 fully saturated rings. The Balaban J connectivity index is 0.00000320. The van der Waals surface area contributed by atoms with E-state index in [9.17, 15) is 9.59 Å². The molecule has 0 spiro atoms. The van der Waals surface area contributed by atoms with Crippen molar-refractivity contribution in [1.29, 1.82) is 0 Å². The molecule has 5 nitrogen and oxygen atoms in total. The molecule has 0 aromatic heterocycles. The second-order valence-electron chi connectivity index (χ2n) is 8.34. The Labute approximate surface area is 186 Å². The summed E-state index contributed by atoms with van der Waals surface area (Å²) in [4.78, 5) is 29.1. The van der Waals surface area contributed by atoms with E-state index in [1.807, 2.05) is 23.1 Å². The minimum Gasteiger partial charge on any atom is -0.336 e. The lowest BCUT2D eigenvalue weighted by Gasteiger charge is -2.35. The highest BCUT2D eigenvalue weighted by molar-refractivity contribution is 6.01. The number of benzene rings is 1. The highest BCUT2D eigenvalue weighted by Gasteiger charge is 2.26. The van der Waals surface area contributed by atoms with E-state index < -0.39 is 0 Å². The molecular weight excluding hydrogens is 398 g/mol. The van der Waals surface area contributed by atoms with Crippen molar-refractivity contribution < 1.29 is 9.59 Å². The van der Waals surface area contributed by atoms with Gasteiger partial charge < -0.3 is 10.2 Å². The van der Waals surface area contributed by atoms with Crippen LogP contribution in [-0.2, 0) is 11.2 Å². The van der Waals surface area contributed by atoms with Crippen LogP contribution >= 0.6 is 12.4 Å². The molecule has 1 aromatic carbocycles. The number of allylic oxidation sites excluding steroid dienone is 3. The molecule has 6 heteroatoms. The average Bonchev–Trinajstić information content (AvgIpc) is 2.71. The Morgan fingerprint density at radius 1 is 1.07 bits per heavy atom. The third-order valence-corrected chi connectivity index (χ3v) is 5.73. The fraction of sp³-hybridized carbons (Fsp3) is 0.500. The molecule has 30 heavy (non-hydrogen) atoms. The first kappa shape index (κ1) is 24.2. The van der Waals surface area contributed by atoms with Crippen LogP contribution in [0.15, 0.2) is 41.5 Å². The molecule has 0 radical (unpaired) electrons. The first-order valence-corrected chi connectivity index (χ1v) is 10.7. The first-order chi connectivity index (χ1) is 13.9. The van der Waals surface area contributed by atoms with Crippen LogP contribution in [0.4, 0.5) is 5.69 Å². The largest absolute Gasteiger partial charge is 0.336 e. The molecule has 1 N–H and O–H groups in total. The van der Waals surface area contributed by atoms with E-state index in [4.69, 9.17) is 0 Å². The minimum atomic E-state index is 0. The molecule has 0 aliphatic carbocycles. The Hall–Kier alpha value is -2.11. The second kappa shape index (κ2) is 11.3. The van der Waals surface area contributed by atoms with Gasteiger partial charge in [-0.3, -0.25) is 14.5 Å². The van der Waals surface area contributed by atoms with Crippen LogP contribution in [-0.4, -0.2) is 54.3 Å². The van der Waals surface area contributed by atoms with Gasteiger partial charge >= 0.3 is 0 Å². The minimum absolute atomic E-state index is 0.